The zero-order valence-corrected chi connectivity index (χ0v) is 10.9. The molecule has 0 fully saturated rings. The fourth-order valence-corrected chi connectivity index (χ4v) is 1.68. The van der Waals surface area contributed by atoms with Crippen molar-refractivity contribution < 1.29 is 9.72 Å². The van der Waals surface area contributed by atoms with Crippen LogP contribution < -0.4 is 5.32 Å². The van der Waals surface area contributed by atoms with Crippen LogP contribution >= 0.6 is 11.6 Å². The highest BCUT2D eigenvalue weighted by atomic mass is 35.5. The largest absolute Gasteiger partial charge is 0.311 e. The number of nitrogens with zero attached hydrogens (tertiary/aromatic N) is 3. The molecule has 0 saturated carbocycles. The standard InChI is InChI=1S/C12H9ClN4O3/c13-10-4-3-9(17(19)20)12(15-10)16-11(18)6-8-2-1-5-14-7-8/h1-5,7H,6H2,(H,15,16,18). The number of nitro groups is 1. The Bertz CT molecular complexity index is 648. The number of nitrogens with one attached hydrogen (secondary N) is 1. The van der Waals surface area contributed by atoms with Crippen molar-refractivity contribution in [3.05, 3.63) is 57.5 Å². The summed E-state index contributed by atoms with van der Waals surface area (Å²) >= 11 is 5.67. The molecule has 2 rings (SSSR count). The number of pyridine rings is 2. The third-order valence-electron chi connectivity index (χ3n) is 2.38. The minimum Gasteiger partial charge on any atom is -0.305 e. The first-order valence-electron chi connectivity index (χ1n) is 5.56. The van der Waals surface area contributed by atoms with Gasteiger partial charge in [-0.05, 0) is 17.7 Å². The van der Waals surface area contributed by atoms with Gasteiger partial charge in [0.05, 0.1) is 11.3 Å². The lowest BCUT2D eigenvalue weighted by atomic mass is 10.2. The fourth-order valence-electron chi connectivity index (χ4n) is 1.53. The van der Waals surface area contributed by atoms with Crippen molar-refractivity contribution in [2.75, 3.05) is 5.32 Å². The molecule has 8 heteroatoms. The molecule has 0 saturated heterocycles. The van der Waals surface area contributed by atoms with Crippen molar-refractivity contribution >= 4 is 29.0 Å². The number of anilines is 1. The molecular formula is C12H9ClN4O3. The Morgan fingerprint density at radius 3 is 2.85 bits per heavy atom. The van der Waals surface area contributed by atoms with E-state index in [9.17, 15) is 14.9 Å². The van der Waals surface area contributed by atoms with E-state index in [1.54, 1.807) is 24.5 Å². The summed E-state index contributed by atoms with van der Waals surface area (Å²) < 4.78 is 0. The van der Waals surface area contributed by atoms with Crippen molar-refractivity contribution in [3.8, 4) is 0 Å². The highest BCUT2D eigenvalue weighted by Gasteiger charge is 2.18. The van der Waals surface area contributed by atoms with Crippen LogP contribution in [0.2, 0.25) is 5.15 Å². The lowest BCUT2D eigenvalue weighted by Crippen LogP contribution is -2.16. The molecule has 2 heterocycles. The zero-order chi connectivity index (χ0) is 14.5. The molecule has 1 amide bonds. The molecule has 0 aromatic carbocycles. The summed E-state index contributed by atoms with van der Waals surface area (Å²) in [7, 11) is 0. The van der Waals surface area contributed by atoms with Crippen molar-refractivity contribution in [1.82, 2.24) is 9.97 Å². The van der Waals surface area contributed by atoms with Crippen LogP contribution in [0.25, 0.3) is 0 Å². The third-order valence-corrected chi connectivity index (χ3v) is 2.59. The normalized spacial score (nSPS) is 10.1. The quantitative estimate of drug-likeness (QED) is 0.529. The molecule has 20 heavy (non-hydrogen) atoms. The highest BCUT2D eigenvalue weighted by molar-refractivity contribution is 6.29. The second kappa shape index (κ2) is 6.07. The molecule has 102 valence electrons. The molecule has 0 aliphatic rings. The summed E-state index contributed by atoms with van der Waals surface area (Å²) in [6, 6.07) is 5.90. The maximum atomic E-state index is 11.8. The van der Waals surface area contributed by atoms with Crippen LogP contribution in [0.5, 0.6) is 0 Å². The Balaban J connectivity index is 2.15. The summed E-state index contributed by atoms with van der Waals surface area (Å²) in [5.41, 5.74) is 0.378. The van der Waals surface area contributed by atoms with E-state index in [-0.39, 0.29) is 23.1 Å². The Morgan fingerprint density at radius 1 is 1.40 bits per heavy atom. The van der Waals surface area contributed by atoms with E-state index in [0.717, 1.165) is 0 Å². The first-order valence-corrected chi connectivity index (χ1v) is 5.94. The molecular weight excluding hydrogens is 284 g/mol. The van der Waals surface area contributed by atoms with E-state index in [4.69, 9.17) is 11.6 Å². The number of rotatable bonds is 4. The summed E-state index contributed by atoms with van der Waals surface area (Å²) in [6.45, 7) is 0. The summed E-state index contributed by atoms with van der Waals surface area (Å²) in [6.07, 6.45) is 3.17. The Hall–Kier alpha value is -2.54. The number of aromatic nitrogens is 2. The lowest BCUT2D eigenvalue weighted by molar-refractivity contribution is -0.384. The number of carbonyl (C=O) groups excluding carboxylic acids is 1. The van der Waals surface area contributed by atoms with Gasteiger partial charge in [0.15, 0.2) is 0 Å². The maximum Gasteiger partial charge on any atom is 0.311 e. The van der Waals surface area contributed by atoms with Crippen molar-refractivity contribution in [2.24, 2.45) is 0 Å². The molecule has 0 unspecified atom stereocenters. The lowest BCUT2D eigenvalue weighted by Gasteiger charge is -2.05. The average molecular weight is 293 g/mol. The molecule has 0 spiro atoms. The van der Waals surface area contributed by atoms with Gasteiger partial charge in [-0.1, -0.05) is 17.7 Å². The maximum absolute atomic E-state index is 11.8. The summed E-state index contributed by atoms with van der Waals surface area (Å²) in [5.74, 6) is -0.604. The van der Waals surface area contributed by atoms with Gasteiger partial charge in [0.25, 0.3) is 0 Å². The molecule has 2 aromatic rings. The number of hydrogen-bond acceptors (Lipinski definition) is 5. The number of hydrogen-bond donors (Lipinski definition) is 1. The topological polar surface area (TPSA) is 98.0 Å². The Morgan fingerprint density at radius 2 is 2.20 bits per heavy atom. The van der Waals surface area contributed by atoms with Gasteiger partial charge in [-0.15, -0.1) is 0 Å². The molecule has 0 radical (unpaired) electrons. The van der Waals surface area contributed by atoms with E-state index in [0.29, 0.717) is 5.56 Å². The molecule has 0 aliphatic heterocycles. The summed E-state index contributed by atoms with van der Waals surface area (Å²) in [4.78, 5) is 29.7. The SMILES string of the molecule is O=C(Cc1cccnc1)Nc1nc(Cl)ccc1[N+](=O)[O-]. The highest BCUT2D eigenvalue weighted by Crippen LogP contribution is 2.23. The molecule has 2 aromatic heterocycles. The van der Waals surface area contributed by atoms with Crippen LogP contribution in [-0.2, 0) is 11.2 Å². The van der Waals surface area contributed by atoms with Gasteiger partial charge in [-0.2, -0.15) is 0 Å². The second-order valence-electron chi connectivity index (χ2n) is 3.85. The molecule has 1 N–H and O–H groups in total. The Kier molecular flexibility index (Phi) is 4.21. The van der Waals surface area contributed by atoms with Gasteiger partial charge in [0.1, 0.15) is 5.15 Å². The van der Waals surface area contributed by atoms with E-state index < -0.39 is 10.8 Å². The predicted octanol–water partition coefficient (Wildman–Crippen LogP) is 2.22. The Labute approximate surface area is 118 Å². The van der Waals surface area contributed by atoms with E-state index in [1.807, 2.05) is 0 Å². The third kappa shape index (κ3) is 3.48. The monoisotopic (exact) mass is 292 g/mol. The van der Waals surface area contributed by atoms with Gasteiger partial charge in [-0.25, -0.2) is 4.98 Å². The molecule has 7 nitrogen and oxygen atoms in total. The van der Waals surface area contributed by atoms with Gasteiger partial charge in [0.2, 0.25) is 11.7 Å². The van der Waals surface area contributed by atoms with Crippen molar-refractivity contribution in [1.29, 1.82) is 0 Å². The number of carbonyl (C=O) groups is 1. The van der Waals surface area contributed by atoms with Gasteiger partial charge < -0.3 is 5.32 Å². The molecule has 0 aliphatic carbocycles. The number of halogens is 1. The smallest absolute Gasteiger partial charge is 0.305 e. The first-order chi connectivity index (χ1) is 9.56. The zero-order valence-electron chi connectivity index (χ0n) is 10.1. The van der Waals surface area contributed by atoms with Crippen molar-refractivity contribution in [2.45, 2.75) is 6.42 Å². The van der Waals surface area contributed by atoms with Gasteiger partial charge >= 0.3 is 5.69 Å². The van der Waals surface area contributed by atoms with Crippen molar-refractivity contribution in [3.63, 3.8) is 0 Å². The minimum absolute atomic E-state index is 0.0409. The average Bonchev–Trinajstić information content (AvgIpc) is 2.39. The summed E-state index contributed by atoms with van der Waals surface area (Å²) in [5, 5.41) is 13.3. The fraction of sp³-hybridized carbons (Fsp3) is 0.0833. The van der Waals surface area contributed by atoms with E-state index >= 15 is 0 Å². The molecule has 0 bridgehead atoms. The van der Waals surface area contributed by atoms with Gasteiger partial charge in [0, 0.05) is 18.5 Å². The number of amides is 1. The second-order valence-corrected chi connectivity index (χ2v) is 4.23. The predicted molar refractivity (Wildman–Crippen MR) is 72.5 cm³/mol. The minimum atomic E-state index is -0.636. The van der Waals surface area contributed by atoms with E-state index in [1.165, 1.54) is 12.1 Å². The molecule has 0 atom stereocenters. The first kappa shape index (κ1) is 13.9. The van der Waals surface area contributed by atoms with Crippen LogP contribution in [0.1, 0.15) is 5.56 Å². The van der Waals surface area contributed by atoms with Crippen LogP contribution in [0.3, 0.4) is 0 Å². The van der Waals surface area contributed by atoms with Crippen LogP contribution in [0.15, 0.2) is 36.7 Å². The van der Waals surface area contributed by atoms with Crippen LogP contribution in [0, 0.1) is 10.1 Å². The van der Waals surface area contributed by atoms with Gasteiger partial charge in [-0.3, -0.25) is 19.9 Å². The van der Waals surface area contributed by atoms with Crippen LogP contribution in [-0.4, -0.2) is 20.8 Å². The van der Waals surface area contributed by atoms with E-state index in [2.05, 4.69) is 15.3 Å². The van der Waals surface area contributed by atoms with Crippen LogP contribution in [0.4, 0.5) is 11.5 Å².